The highest BCUT2D eigenvalue weighted by Crippen LogP contribution is 2.22. The van der Waals surface area contributed by atoms with E-state index < -0.39 is 0 Å². The largest absolute Gasteiger partial charge is 0.397 e. The number of benzene rings is 1. The number of hydrogen-bond donors (Lipinski definition) is 2. The normalized spacial score (nSPS) is 11.3. The Morgan fingerprint density at radius 2 is 1.74 bits per heavy atom. The van der Waals surface area contributed by atoms with Crippen molar-refractivity contribution < 1.29 is 4.57 Å². The first-order chi connectivity index (χ1) is 9.17. The SMILES string of the molecule is CCCCn1c[n+](CCCC)c2cc(N)c(N)cc21. The van der Waals surface area contributed by atoms with Crippen molar-refractivity contribution >= 4 is 22.4 Å². The molecule has 1 aromatic heterocycles. The third-order valence-electron chi connectivity index (χ3n) is 3.58. The van der Waals surface area contributed by atoms with Gasteiger partial charge in [0.1, 0.15) is 0 Å². The molecule has 2 rings (SSSR count). The van der Waals surface area contributed by atoms with Crippen molar-refractivity contribution in [3.63, 3.8) is 0 Å². The third-order valence-corrected chi connectivity index (χ3v) is 3.58. The van der Waals surface area contributed by atoms with Gasteiger partial charge in [0, 0.05) is 12.1 Å². The predicted octanol–water partition coefficient (Wildman–Crippen LogP) is 2.69. The summed E-state index contributed by atoms with van der Waals surface area (Å²) in [5.41, 5.74) is 15.6. The van der Waals surface area contributed by atoms with Gasteiger partial charge in [-0.05, 0) is 12.8 Å². The van der Waals surface area contributed by atoms with Gasteiger partial charge in [0.2, 0.25) is 6.33 Å². The second-order valence-corrected chi connectivity index (χ2v) is 5.18. The highest BCUT2D eigenvalue weighted by molar-refractivity contribution is 5.83. The fourth-order valence-electron chi connectivity index (χ4n) is 2.38. The number of unbranched alkanes of at least 4 members (excludes halogenated alkanes) is 2. The average Bonchev–Trinajstić information content (AvgIpc) is 2.72. The highest BCUT2D eigenvalue weighted by atomic mass is 15.1. The summed E-state index contributed by atoms with van der Waals surface area (Å²) in [6.45, 7) is 6.50. The minimum atomic E-state index is 0.672. The van der Waals surface area contributed by atoms with Crippen molar-refractivity contribution in [2.24, 2.45) is 0 Å². The highest BCUT2D eigenvalue weighted by Gasteiger charge is 2.16. The van der Waals surface area contributed by atoms with Crippen LogP contribution < -0.4 is 16.0 Å². The molecule has 0 aliphatic carbocycles. The Hall–Kier alpha value is -1.71. The van der Waals surface area contributed by atoms with Crippen molar-refractivity contribution in [3.05, 3.63) is 18.5 Å². The molecule has 1 heterocycles. The third kappa shape index (κ3) is 2.83. The van der Waals surface area contributed by atoms with E-state index in [0.717, 1.165) is 13.1 Å². The Labute approximate surface area is 115 Å². The molecule has 0 atom stereocenters. The van der Waals surface area contributed by atoms with Crippen molar-refractivity contribution in [2.75, 3.05) is 11.5 Å². The molecule has 104 valence electrons. The summed E-state index contributed by atoms with van der Waals surface area (Å²) < 4.78 is 4.59. The summed E-state index contributed by atoms with van der Waals surface area (Å²) in [7, 11) is 0. The minimum Gasteiger partial charge on any atom is -0.397 e. The molecular weight excluding hydrogens is 236 g/mol. The van der Waals surface area contributed by atoms with Crippen molar-refractivity contribution in [3.8, 4) is 0 Å². The second kappa shape index (κ2) is 5.95. The predicted molar refractivity (Wildman–Crippen MR) is 80.8 cm³/mol. The maximum absolute atomic E-state index is 5.95. The molecule has 0 saturated heterocycles. The molecule has 2 aromatic rings. The van der Waals surface area contributed by atoms with Gasteiger partial charge in [0.15, 0.2) is 11.0 Å². The molecular formula is C15H25N4+. The fraction of sp³-hybridized carbons (Fsp3) is 0.533. The quantitative estimate of drug-likeness (QED) is 0.620. The van der Waals surface area contributed by atoms with E-state index in [4.69, 9.17) is 11.5 Å². The number of nitrogen functional groups attached to an aromatic ring is 2. The standard InChI is InChI=1S/C15H25N4/c1-3-5-7-18-11-19(8-6-4-2)15-10-13(17)12(16)9-14(15)18/h9-11H,3-8,16-17H2,1-2H3/q+1. The van der Waals surface area contributed by atoms with Gasteiger partial charge in [-0.25, -0.2) is 9.13 Å². The smallest absolute Gasteiger partial charge is 0.244 e. The number of fused-ring (bicyclic) bond motifs is 1. The molecule has 4 N–H and O–H groups in total. The van der Waals surface area contributed by atoms with Crippen LogP contribution in [0.1, 0.15) is 39.5 Å². The molecule has 1 aromatic carbocycles. The fourth-order valence-corrected chi connectivity index (χ4v) is 2.38. The number of anilines is 2. The van der Waals surface area contributed by atoms with E-state index in [0.29, 0.717) is 11.4 Å². The summed E-state index contributed by atoms with van der Waals surface area (Å²) >= 11 is 0. The lowest BCUT2D eigenvalue weighted by Gasteiger charge is -2.00. The molecule has 4 nitrogen and oxygen atoms in total. The van der Waals surface area contributed by atoms with Crippen LogP contribution in [-0.2, 0) is 13.1 Å². The first kappa shape index (κ1) is 13.7. The van der Waals surface area contributed by atoms with E-state index >= 15 is 0 Å². The summed E-state index contributed by atoms with van der Waals surface area (Å²) in [4.78, 5) is 0. The van der Waals surface area contributed by atoms with Crippen LogP contribution in [0.25, 0.3) is 11.0 Å². The summed E-state index contributed by atoms with van der Waals surface area (Å²) in [5.74, 6) is 0. The molecule has 0 aliphatic heterocycles. The molecule has 0 saturated carbocycles. The zero-order valence-electron chi connectivity index (χ0n) is 12.0. The summed E-state index contributed by atoms with van der Waals surface area (Å²) in [6.07, 6.45) is 6.96. The number of imidazole rings is 1. The molecule has 0 amide bonds. The Morgan fingerprint density at radius 3 is 2.42 bits per heavy atom. The lowest BCUT2D eigenvalue weighted by Crippen LogP contribution is -2.32. The van der Waals surface area contributed by atoms with Crippen LogP contribution in [0.15, 0.2) is 18.5 Å². The Bertz CT molecular complexity index is 509. The van der Waals surface area contributed by atoms with E-state index in [-0.39, 0.29) is 0 Å². The van der Waals surface area contributed by atoms with Crippen molar-refractivity contribution in [1.82, 2.24) is 4.57 Å². The van der Waals surface area contributed by atoms with Gasteiger partial charge in [-0.3, -0.25) is 0 Å². The van der Waals surface area contributed by atoms with Gasteiger partial charge >= 0.3 is 0 Å². The van der Waals surface area contributed by atoms with Gasteiger partial charge in [0.25, 0.3) is 0 Å². The van der Waals surface area contributed by atoms with E-state index in [2.05, 4.69) is 29.3 Å². The van der Waals surface area contributed by atoms with Crippen LogP contribution in [0, 0.1) is 0 Å². The maximum atomic E-state index is 5.95. The Balaban J connectivity index is 2.46. The zero-order valence-corrected chi connectivity index (χ0v) is 12.0. The maximum Gasteiger partial charge on any atom is 0.244 e. The van der Waals surface area contributed by atoms with Gasteiger partial charge in [-0.1, -0.05) is 26.7 Å². The van der Waals surface area contributed by atoms with E-state index in [1.165, 1.54) is 36.7 Å². The van der Waals surface area contributed by atoms with Crippen LogP contribution in [0.4, 0.5) is 11.4 Å². The topological polar surface area (TPSA) is 60.8 Å². The van der Waals surface area contributed by atoms with Crippen molar-refractivity contribution in [1.29, 1.82) is 0 Å². The van der Waals surface area contributed by atoms with Crippen LogP contribution >= 0.6 is 0 Å². The Kier molecular flexibility index (Phi) is 4.30. The van der Waals surface area contributed by atoms with E-state index in [1.54, 1.807) is 0 Å². The number of nitrogens with zero attached hydrogens (tertiary/aromatic N) is 2. The van der Waals surface area contributed by atoms with Crippen LogP contribution in [-0.4, -0.2) is 4.57 Å². The Morgan fingerprint density at radius 1 is 1.05 bits per heavy atom. The van der Waals surface area contributed by atoms with E-state index in [9.17, 15) is 0 Å². The average molecular weight is 261 g/mol. The summed E-state index contributed by atoms with van der Waals surface area (Å²) in [5, 5.41) is 0. The number of rotatable bonds is 6. The molecule has 0 unspecified atom stereocenters. The van der Waals surface area contributed by atoms with Crippen LogP contribution in [0.2, 0.25) is 0 Å². The van der Waals surface area contributed by atoms with Crippen molar-refractivity contribution in [2.45, 2.75) is 52.6 Å². The molecule has 4 heteroatoms. The lowest BCUT2D eigenvalue weighted by atomic mass is 10.2. The van der Waals surface area contributed by atoms with Gasteiger partial charge in [0.05, 0.1) is 24.5 Å². The molecule has 0 fully saturated rings. The first-order valence-corrected chi connectivity index (χ1v) is 7.24. The molecule has 0 spiro atoms. The molecule has 0 bridgehead atoms. The second-order valence-electron chi connectivity index (χ2n) is 5.18. The monoisotopic (exact) mass is 261 g/mol. The summed E-state index contributed by atoms with van der Waals surface area (Å²) in [6, 6.07) is 4.01. The van der Waals surface area contributed by atoms with E-state index in [1.807, 2.05) is 12.1 Å². The zero-order chi connectivity index (χ0) is 13.8. The number of nitrogens with two attached hydrogens (primary N) is 2. The van der Waals surface area contributed by atoms with Gasteiger partial charge < -0.3 is 11.5 Å². The molecule has 0 radical (unpaired) electrons. The van der Waals surface area contributed by atoms with Gasteiger partial charge in [-0.2, -0.15) is 0 Å². The molecule has 19 heavy (non-hydrogen) atoms. The first-order valence-electron chi connectivity index (χ1n) is 7.24. The van der Waals surface area contributed by atoms with Gasteiger partial charge in [-0.15, -0.1) is 0 Å². The number of hydrogen-bond acceptors (Lipinski definition) is 2. The molecule has 0 aliphatic rings. The van der Waals surface area contributed by atoms with Crippen LogP contribution in [0.5, 0.6) is 0 Å². The lowest BCUT2D eigenvalue weighted by molar-refractivity contribution is -0.672. The number of aryl methyl sites for hydroxylation is 2. The minimum absolute atomic E-state index is 0.672. The van der Waals surface area contributed by atoms with Crippen LogP contribution in [0.3, 0.4) is 0 Å². The number of aromatic nitrogens is 2.